The van der Waals surface area contributed by atoms with Gasteiger partial charge in [0.15, 0.2) is 0 Å². The van der Waals surface area contributed by atoms with Crippen molar-refractivity contribution in [3.63, 3.8) is 0 Å². The third-order valence-corrected chi connectivity index (χ3v) is 8.10. The number of carboxylic acids is 1. The molecule has 202 valence electrons. The van der Waals surface area contributed by atoms with Gasteiger partial charge in [-0.15, -0.1) is 0 Å². The van der Waals surface area contributed by atoms with E-state index in [1.165, 1.54) is 4.90 Å². The van der Waals surface area contributed by atoms with Crippen LogP contribution in [0.4, 0.5) is 9.59 Å². The van der Waals surface area contributed by atoms with Crippen LogP contribution in [0.25, 0.3) is 11.1 Å². The Kier molecular flexibility index (Phi) is 7.07. The molecule has 2 aliphatic carbocycles. The maximum Gasteiger partial charge on any atom is 0.409 e. The van der Waals surface area contributed by atoms with E-state index in [9.17, 15) is 19.5 Å². The van der Waals surface area contributed by atoms with Crippen LogP contribution in [0.2, 0.25) is 0 Å². The first kappa shape index (κ1) is 26.1. The molecule has 2 aromatic carbocycles. The zero-order chi connectivity index (χ0) is 27.0. The van der Waals surface area contributed by atoms with E-state index in [-0.39, 0.29) is 36.9 Å². The van der Waals surface area contributed by atoms with Crippen LogP contribution < -0.4 is 5.32 Å². The topological polar surface area (TPSA) is 105 Å². The van der Waals surface area contributed by atoms with Crippen LogP contribution >= 0.6 is 0 Å². The Morgan fingerprint density at radius 1 is 0.947 bits per heavy atom. The average Bonchev–Trinajstić information content (AvgIpc) is 3.19. The lowest BCUT2D eigenvalue weighted by molar-refractivity contribution is -0.148. The van der Waals surface area contributed by atoms with E-state index < -0.39 is 29.7 Å². The van der Waals surface area contributed by atoms with Gasteiger partial charge in [0.2, 0.25) is 0 Å². The van der Waals surface area contributed by atoms with Crippen LogP contribution in [0.1, 0.15) is 57.1 Å². The van der Waals surface area contributed by atoms with E-state index in [0.717, 1.165) is 35.1 Å². The summed E-state index contributed by atoms with van der Waals surface area (Å²) in [7, 11) is 0. The van der Waals surface area contributed by atoms with Gasteiger partial charge in [0, 0.05) is 31.0 Å². The van der Waals surface area contributed by atoms with Gasteiger partial charge in [-0.25, -0.2) is 9.59 Å². The van der Waals surface area contributed by atoms with Crippen molar-refractivity contribution < 1.29 is 29.0 Å². The number of hydrogen-bond acceptors (Lipinski definition) is 5. The standard InChI is InChI=1S/C30H36N2O6/c1-30(2,3)38-28(35)31-26-14-8-13-22-23(26)15-32(16-24(22)27(33)34)29(36)37-17-25-20-11-6-4-9-18(20)19-10-5-7-12-21(19)25/h4-7,9-12,22-26H,8,13-17H2,1-3H3,(H,31,35)(H,33,34). The lowest BCUT2D eigenvalue weighted by atomic mass is 9.67. The molecule has 0 spiro atoms. The molecule has 0 radical (unpaired) electrons. The van der Waals surface area contributed by atoms with Crippen LogP contribution in [0, 0.1) is 17.8 Å². The second kappa shape index (κ2) is 10.3. The van der Waals surface area contributed by atoms with Gasteiger partial charge in [0.1, 0.15) is 12.2 Å². The van der Waals surface area contributed by atoms with Crippen molar-refractivity contribution in [3.05, 3.63) is 59.7 Å². The van der Waals surface area contributed by atoms with Gasteiger partial charge in [0.25, 0.3) is 0 Å². The number of nitrogens with zero attached hydrogens (tertiary/aromatic N) is 1. The first-order valence-electron chi connectivity index (χ1n) is 13.4. The Morgan fingerprint density at radius 2 is 1.58 bits per heavy atom. The fraction of sp³-hybridized carbons (Fsp3) is 0.500. The van der Waals surface area contributed by atoms with Crippen molar-refractivity contribution in [3.8, 4) is 11.1 Å². The van der Waals surface area contributed by atoms with Gasteiger partial charge >= 0.3 is 18.2 Å². The zero-order valence-electron chi connectivity index (χ0n) is 22.2. The summed E-state index contributed by atoms with van der Waals surface area (Å²) < 4.78 is 11.3. The highest BCUT2D eigenvalue weighted by atomic mass is 16.6. The van der Waals surface area contributed by atoms with Gasteiger partial charge in [0.05, 0.1) is 5.92 Å². The molecule has 3 aliphatic rings. The summed E-state index contributed by atoms with van der Waals surface area (Å²) in [6.45, 7) is 6.02. The number of benzene rings is 2. The molecule has 0 bridgehead atoms. The molecule has 8 nitrogen and oxygen atoms in total. The molecule has 8 heteroatoms. The van der Waals surface area contributed by atoms with E-state index in [2.05, 4.69) is 29.6 Å². The predicted octanol–water partition coefficient (Wildman–Crippen LogP) is 5.26. The lowest BCUT2D eigenvalue weighted by Crippen LogP contribution is -2.59. The number of hydrogen-bond donors (Lipinski definition) is 2. The van der Waals surface area contributed by atoms with Crippen molar-refractivity contribution >= 4 is 18.2 Å². The van der Waals surface area contributed by atoms with Crippen molar-refractivity contribution in [2.24, 2.45) is 17.8 Å². The SMILES string of the molecule is CC(C)(C)OC(=O)NC1CCCC2C(C(=O)O)CN(C(=O)OCC3c4ccccc4-c4ccccc43)CC12. The number of carbonyl (C=O) groups is 3. The number of aliphatic carboxylic acids is 1. The number of rotatable bonds is 4. The van der Waals surface area contributed by atoms with E-state index in [4.69, 9.17) is 9.47 Å². The second-order valence-corrected chi connectivity index (χ2v) is 11.7. The van der Waals surface area contributed by atoms with Gasteiger partial charge in [-0.1, -0.05) is 55.0 Å². The molecule has 1 aliphatic heterocycles. The largest absolute Gasteiger partial charge is 0.481 e. The summed E-state index contributed by atoms with van der Waals surface area (Å²) in [4.78, 5) is 39.6. The number of carbonyl (C=O) groups excluding carboxylic acids is 2. The third kappa shape index (κ3) is 5.22. The molecular formula is C30H36N2O6. The van der Waals surface area contributed by atoms with Crippen LogP contribution in [0.5, 0.6) is 0 Å². The van der Waals surface area contributed by atoms with E-state index in [0.29, 0.717) is 13.0 Å². The van der Waals surface area contributed by atoms with Crippen LogP contribution in [-0.4, -0.2) is 59.5 Å². The quantitative estimate of drug-likeness (QED) is 0.570. The number of ether oxygens (including phenoxy) is 2. The van der Waals surface area contributed by atoms with Crippen molar-refractivity contribution in [2.45, 2.75) is 57.6 Å². The first-order valence-corrected chi connectivity index (χ1v) is 13.4. The molecule has 1 saturated heterocycles. The average molecular weight is 521 g/mol. The predicted molar refractivity (Wildman–Crippen MR) is 142 cm³/mol. The smallest absolute Gasteiger partial charge is 0.409 e. The van der Waals surface area contributed by atoms with Crippen LogP contribution in [-0.2, 0) is 14.3 Å². The maximum absolute atomic E-state index is 13.3. The number of nitrogens with one attached hydrogen (secondary N) is 1. The minimum Gasteiger partial charge on any atom is -0.481 e. The number of piperidine rings is 1. The second-order valence-electron chi connectivity index (χ2n) is 11.7. The molecule has 4 unspecified atom stereocenters. The van der Waals surface area contributed by atoms with E-state index >= 15 is 0 Å². The summed E-state index contributed by atoms with van der Waals surface area (Å²) >= 11 is 0. The highest BCUT2D eigenvalue weighted by Gasteiger charge is 2.47. The van der Waals surface area contributed by atoms with E-state index in [1.807, 2.05) is 24.3 Å². The molecule has 2 N–H and O–H groups in total. The molecule has 2 aromatic rings. The third-order valence-electron chi connectivity index (χ3n) is 8.10. The Morgan fingerprint density at radius 3 is 2.18 bits per heavy atom. The summed E-state index contributed by atoms with van der Waals surface area (Å²) in [5.41, 5.74) is 3.90. The number of amides is 2. The minimum atomic E-state index is -0.922. The number of alkyl carbamates (subject to hydrolysis) is 1. The summed E-state index contributed by atoms with van der Waals surface area (Å²) in [5, 5.41) is 13.0. The number of carboxylic acid groups (broad SMARTS) is 1. The monoisotopic (exact) mass is 520 g/mol. The zero-order valence-corrected chi connectivity index (χ0v) is 22.2. The Bertz CT molecular complexity index is 1180. The fourth-order valence-electron chi connectivity index (χ4n) is 6.50. The molecule has 2 amide bonds. The van der Waals surface area contributed by atoms with E-state index in [1.54, 1.807) is 20.8 Å². The Hall–Kier alpha value is -3.55. The Labute approximate surface area is 223 Å². The minimum absolute atomic E-state index is 0.0737. The maximum atomic E-state index is 13.3. The Balaban J connectivity index is 1.30. The normalized spacial score (nSPS) is 24.6. The summed E-state index contributed by atoms with van der Waals surface area (Å²) in [5.74, 6) is -2.02. The molecule has 2 fully saturated rings. The first-order chi connectivity index (χ1) is 18.1. The van der Waals surface area contributed by atoms with Crippen molar-refractivity contribution in [2.75, 3.05) is 19.7 Å². The molecule has 4 atom stereocenters. The van der Waals surface area contributed by atoms with Gasteiger partial charge < -0.3 is 24.8 Å². The van der Waals surface area contributed by atoms with Crippen LogP contribution in [0.3, 0.4) is 0 Å². The molecule has 0 aromatic heterocycles. The number of fused-ring (bicyclic) bond motifs is 4. The highest BCUT2D eigenvalue weighted by molar-refractivity contribution is 5.79. The molecule has 1 saturated carbocycles. The van der Waals surface area contributed by atoms with Crippen molar-refractivity contribution in [1.82, 2.24) is 10.2 Å². The molecular weight excluding hydrogens is 484 g/mol. The fourth-order valence-corrected chi connectivity index (χ4v) is 6.50. The highest BCUT2D eigenvalue weighted by Crippen LogP contribution is 2.45. The number of likely N-dealkylation sites (tertiary alicyclic amines) is 1. The summed E-state index contributed by atoms with van der Waals surface area (Å²) in [6, 6.07) is 16.0. The lowest BCUT2D eigenvalue weighted by Gasteiger charge is -2.47. The molecule has 1 heterocycles. The van der Waals surface area contributed by atoms with Crippen molar-refractivity contribution in [1.29, 1.82) is 0 Å². The van der Waals surface area contributed by atoms with Gasteiger partial charge in [-0.05, 0) is 61.8 Å². The molecule has 38 heavy (non-hydrogen) atoms. The van der Waals surface area contributed by atoms with Gasteiger partial charge in [-0.3, -0.25) is 4.79 Å². The molecule has 5 rings (SSSR count). The van der Waals surface area contributed by atoms with Gasteiger partial charge in [-0.2, -0.15) is 0 Å². The summed E-state index contributed by atoms with van der Waals surface area (Å²) in [6.07, 6.45) is 1.25. The van der Waals surface area contributed by atoms with Crippen LogP contribution in [0.15, 0.2) is 48.5 Å².